The number of benzene rings is 1. The van der Waals surface area contributed by atoms with Gasteiger partial charge in [0.2, 0.25) is 5.91 Å². The first-order chi connectivity index (χ1) is 11.6. The fourth-order valence-electron chi connectivity index (χ4n) is 3.32. The summed E-state index contributed by atoms with van der Waals surface area (Å²) in [6, 6.07) is 3.41. The van der Waals surface area contributed by atoms with Crippen LogP contribution in [0.25, 0.3) is 0 Å². The second-order valence-electron chi connectivity index (χ2n) is 6.11. The van der Waals surface area contributed by atoms with Crippen LogP contribution in [0.3, 0.4) is 0 Å². The van der Waals surface area contributed by atoms with E-state index < -0.39 is 0 Å². The molecule has 24 heavy (non-hydrogen) atoms. The van der Waals surface area contributed by atoms with Gasteiger partial charge in [-0.15, -0.1) is 0 Å². The van der Waals surface area contributed by atoms with Gasteiger partial charge in [0, 0.05) is 30.9 Å². The Hall–Kier alpha value is -2.21. The molecule has 0 saturated heterocycles. The summed E-state index contributed by atoms with van der Waals surface area (Å²) in [6.07, 6.45) is 4.62. The molecule has 4 rings (SSSR count). The predicted molar refractivity (Wildman–Crippen MR) is 90.0 cm³/mol. The Morgan fingerprint density at radius 2 is 2.08 bits per heavy atom. The fourth-order valence-corrected chi connectivity index (χ4v) is 3.52. The van der Waals surface area contributed by atoms with E-state index >= 15 is 0 Å². The highest BCUT2D eigenvalue weighted by molar-refractivity contribution is 6.34. The summed E-state index contributed by atoms with van der Waals surface area (Å²) in [5.74, 6) is 0.942. The minimum Gasteiger partial charge on any atom is -0.486 e. The van der Waals surface area contributed by atoms with Crippen LogP contribution >= 0.6 is 11.6 Å². The van der Waals surface area contributed by atoms with Crippen LogP contribution in [-0.4, -0.2) is 28.9 Å². The third-order valence-electron chi connectivity index (χ3n) is 4.43. The zero-order valence-electron chi connectivity index (χ0n) is 13.3. The third-order valence-corrected chi connectivity index (χ3v) is 4.74. The van der Waals surface area contributed by atoms with Crippen molar-refractivity contribution in [2.75, 3.05) is 18.5 Å². The van der Waals surface area contributed by atoms with Crippen molar-refractivity contribution in [3.8, 4) is 11.5 Å². The van der Waals surface area contributed by atoms with Gasteiger partial charge in [0.1, 0.15) is 13.2 Å². The van der Waals surface area contributed by atoms with Gasteiger partial charge in [-0.2, -0.15) is 5.10 Å². The summed E-state index contributed by atoms with van der Waals surface area (Å²) in [5, 5.41) is 7.82. The Morgan fingerprint density at radius 3 is 2.88 bits per heavy atom. The van der Waals surface area contributed by atoms with Crippen molar-refractivity contribution >= 4 is 23.2 Å². The molecule has 0 bridgehead atoms. The number of amides is 1. The number of nitrogens with one attached hydrogen (secondary N) is 1. The molecule has 1 aliphatic heterocycles. The van der Waals surface area contributed by atoms with Crippen LogP contribution in [-0.2, 0) is 18.3 Å². The molecule has 0 saturated carbocycles. The Bertz CT molecular complexity index is 803. The van der Waals surface area contributed by atoms with E-state index in [2.05, 4.69) is 10.4 Å². The molecular weight excluding hydrogens is 330 g/mol. The molecule has 1 unspecified atom stereocenters. The molecule has 1 amide bonds. The van der Waals surface area contributed by atoms with Crippen molar-refractivity contribution in [2.45, 2.75) is 25.2 Å². The monoisotopic (exact) mass is 347 g/mol. The Morgan fingerprint density at radius 1 is 1.33 bits per heavy atom. The second kappa shape index (κ2) is 6.02. The number of halogens is 1. The molecule has 2 aliphatic rings. The molecule has 0 fully saturated rings. The number of carbonyl (C=O) groups is 1. The van der Waals surface area contributed by atoms with Gasteiger partial charge in [0.15, 0.2) is 11.5 Å². The minimum absolute atomic E-state index is 0.0671. The fraction of sp³-hybridized carbons (Fsp3) is 0.412. The smallest absolute Gasteiger partial charge is 0.232 e. The number of rotatable bonds is 2. The van der Waals surface area contributed by atoms with Gasteiger partial charge >= 0.3 is 0 Å². The molecule has 126 valence electrons. The summed E-state index contributed by atoms with van der Waals surface area (Å²) < 4.78 is 12.8. The Balaban J connectivity index is 1.59. The maximum atomic E-state index is 12.8. The summed E-state index contributed by atoms with van der Waals surface area (Å²) in [6.45, 7) is 0.991. The van der Waals surface area contributed by atoms with Crippen LogP contribution in [0.15, 0.2) is 18.3 Å². The van der Waals surface area contributed by atoms with E-state index in [-0.39, 0.29) is 11.8 Å². The molecule has 1 aromatic heterocycles. The Kier molecular flexibility index (Phi) is 3.84. The van der Waals surface area contributed by atoms with E-state index in [1.165, 1.54) is 0 Å². The number of hydrogen-bond donors (Lipinski definition) is 1. The highest BCUT2D eigenvalue weighted by Crippen LogP contribution is 2.39. The van der Waals surface area contributed by atoms with Crippen molar-refractivity contribution in [2.24, 2.45) is 7.05 Å². The van der Waals surface area contributed by atoms with Crippen molar-refractivity contribution in [1.82, 2.24) is 9.78 Å². The summed E-state index contributed by atoms with van der Waals surface area (Å²) in [4.78, 5) is 12.8. The van der Waals surface area contributed by atoms with E-state index in [0.717, 1.165) is 30.5 Å². The van der Waals surface area contributed by atoms with Crippen LogP contribution in [0, 0.1) is 0 Å². The number of nitrogens with zero attached hydrogens (tertiary/aromatic N) is 2. The zero-order valence-corrected chi connectivity index (χ0v) is 14.1. The van der Waals surface area contributed by atoms with E-state index in [9.17, 15) is 4.79 Å². The molecule has 0 spiro atoms. The predicted octanol–water partition coefficient (Wildman–Crippen LogP) is 2.90. The van der Waals surface area contributed by atoms with E-state index in [1.54, 1.807) is 16.8 Å². The number of aryl methyl sites for hydroxylation is 2. The van der Waals surface area contributed by atoms with E-state index in [4.69, 9.17) is 21.1 Å². The summed E-state index contributed by atoms with van der Waals surface area (Å²) in [7, 11) is 1.88. The van der Waals surface area contributed by atoms with Gasteiger partial charge in [-0.25, -0.2) is 0 Å². The van der Waals surface area contributed by atoms with Gasteiger partial charge < -0.3 is 14.8 Å². The molecule has 0 radical (unpaired) electrons. The average molecular weight is 348 g/mol. The molecule has 6 nitrogen and oxygen atoms in total. The van der Waals surface area contributed by atoms with E-state index in [0.29, 0.717) is 35.4 Å². The SMILES string of the molecule is Cn1cc2c(n1)CCCC2C(=O)Nc1cc2c(cc1Cl)OCCO2. The first kappa shape index (κ1) is 15.3. The number of anilines is 1. The van der Waals surface area contributed by atoms with Gasteiger partial charge in [-0.1, -0.05) is 11.6 Å². The number of ether oxygens (including phenoxy) is 2. The van der Waals surface area contributed by atoms with Crippen LogP contribution in [0.5, 0.6) is 11.5 Å². The highest BCUT2D eigenvalue weighted by atomic mass is 35.5. The maximum Gasteiger partial charge on any atom is 0.232 e. The lowest BCUT2D eigenvalue weighted by molar-refractivity contribution is -0.117. The normalized spacial score (nSPS) is 18.8. The molecule has 7 heteroatoms. The number of fused-ring (bicyclic) bond motifs is 2. The number of hydrogen-bond acceptors (Lipinski definition) is 4. The minimum atomic E-state index is -0.202. The van der Waals surface area contributed by atoms with Gasteiger partial charge in [0.25, 0.3) is 0 Å². The maximum absolute atomic E-state index is 12.8. The zero-order chi connectivity index (χ0) is 16.7. The lowest BCUT2D eigenvalue weighted by atomic mass is 9.86. The van der Waals surface area contributed by atoms with Crippen molar-refractivity contribution in [1.29, 1.82) is 0 Å². The highest BCUT2D eigenvalue weighted by Gasteiger charge is 2.29. The van der Waals surface area contributed by atoms with Gasteiger partial charge in [-0.3, -0.25) is 9.48 Å². The third kappa shape index (κ3) is 2.71. The van der Waals surface area contributed by atoms with Crippen LogP contribution in [0.4, 0.5) is 5.69 Å². The molecule has 1 atom stereocenters. The number of aromatic nitrogens is 2. The lowest BCUT2D eigenvalue weighted by Crippen LogP contribution is -2.24. The average Bonchev–Trinajstić information content (AvgIpc) is 2.95. The molecule has 2 aromatic rings. The van der Waals surface area contributed by atoms with Crippen molar-refractivity contribution in [3.63, 3.8) is 0 Å². The molecule has 2 heterocycles. The second-order valence-corrected chi connectivity index (χ2v) is 6.52. The first-order valence-electron chi connectivity index (χ1n) is 8.04. The largest absolute Gasteiger partial charge is 0.486 e. The molecule has 1 N–H and O–H groups in total. The standard InChI is InChI=1S/C17H18ClN3O3/c1-21-9-11-10(3-2-4-13(11)20-21)17(22)19-14-8-16-15(7-12(14)18)23-5-6-24-16/h7-10H,2-6H2,1H3,(H,19,22). The molecule has 1 aliphatic carbocycles. The molecule has 1 aromatic carbocycles. The topological polar surface area (TPSA) is 65.4 Å². The van der Waals surface area contributed by atoms with Crippen LogP contribution in [0.2, 0.25) is 5.02 Å². The van der Waals surface area contributed by atoms with Crippen molar-refractivity contribution < 1.29 is 14.3 Å². The van der Waals surface area contributed by atoms with Gasteiger partial charge in [0.05, 0.1) is 22.3 Å². The van der Waals surface area contributed by atoms with E-state index in [1.807, 2.05) is 13.2 Å². The van der Waals surface area contributed by atoms with Gasteiger partial charge in [-0.05, 0) is 19.3 Å². The van der Waals surface area contributed by atoms with Crippen molar-refractivity contribution in [3.05, 3.63) is 34.6 Å². The Labute approximate surface area is 144 Å². The lowest BCUT2D eigenvalue weighted by Gasteiger charge is -2.23. The van der Waals surface area contributed by atoms with Crippen LogP contribution in [0.1, 0.15) is 30.0 Å². The summed E-state index contributed by atoms with van der Waals surface area (Å²) in [5.41, 5.74) is 2.56. The first-order valence-corrected chi connectivity index (χ1v) is 8.42. The number of carbonyl (C=O) groups excluding carboxylic acids is 1. The quantitative estimate of drug-likeness (QED) is 0.907. The molecular formula is C17H18ClN3O3. The summed E-state index contributed by atoms with van der Waals surface area (Å²) >= 11 is 6.28. The van der Waals surface area contributed by atoms with Crippen LogP contribution < -0.4 is 14.8 Å².